The third-order valence-electron chi connectivity index (χ3n) is 5.25. The summed E-state index contributed by atoms with van der Waals surface area (Å²) in [5.41, 5.74) is 6.23. The van der Waals surface area contributed by atoms with Crippen molar-refractivity contribution in [2.75, 3.05) is 11.5 Å². The smallest absolute Gasteiger partial charge is 0.270 e. The van der Waals surface area contributed by atoms with Crippen LogP contribution in [-0.2, 0) is 4.79 Å². The minimum Gasteiger partial charge on any atom is -0.492 e. The number of rotatable bonds is 5. The predicted octanol–water partition coefficient (Wildman–Crippen LogP) is 6.21. The van der Waals surface area contributed by atoms with E-state index in [0.29, 0.717) is 27.3 Å². The van der Waals surface area contributed by atoms with Crippen molar-refractivity contribution >= 4 is 46.0 Å². The first-order valence-electron chi connectivity index (χ1n) is 10.2. The first-order valence-corrected chi connectivity index (χ1v) is 11.4. The van der Waals surface area contributed by atoms with Gasteiger partial charge in [0.25, 0.3) is 5.91 Å². The molecule has 0 N–H and O–H groups in total. The zero-order valence-corrected chi connectivity index (χ0v) is 19.6. The molecule has 6 heteroatoms. The van der Waals surface area contributed by atoms with Crippen LogP contribution in [0.15, 0.2) is 59.5 Å². The summed E-state index contributed by atoms with van der Waals surface area (Å²) in [6, 6.07) is 18.0. The van der Waals surface area contributed by atoms with E-state index in [4.69, 9.17) is 17.0 Å². The van der Waals surface area contributed by atoms with Crippen LogP contribution in [0.25, 0.3) is 11.8 Å². The highest BCUT2D eigenvalue weighted by atomic mass is 32.2. The van der Waals surface area contributed by atoms with Gasteiger partial charge in [0.2, 0.25) is 0 Å². The van der Waals surface area contributed by atoms with E-state index in [2.05, 4.69) is 55.7 Å². The molecule has 0 unspecified atom stereocenters. The molecule has 1 aliphatic rings. The van der Waals surface area contributed by atoms with Gasteiger partial charge in [-0.15, -0.1) is 0 Å². The van der Waals surface area contributed by atoms with Crippen LogP contribution in [0.4, 0.5) is 5.69 Å². The number of para-hydroxylation sites is 2. The molecular weight excluding hydrogens is 424 g/mol. The quantitative estimate of drug-likeness (QED) is 0.343. The molecule has 1 fully saturated rings. The Kier molecular flexibility index (Phi) is 6.03. The number of carbonyl (C=O) groups is 1. The van der Waals surface area contributed by atoms with Crippen LogP contribution in [0.1, 0.15) is 29.4 Å². The molecule has 0 atom stereocenters. The van der Waals surface area contributed by atoms with Gasteiger partial charge in [-0.2, -0.15) is 0 Å². The third kappa shape index (κ3) is 4.05. The molecule has 1 saturated heterocycles. The Morgan fingerprint density at radius 1 is 1.06 bits per heavy atom. The number of amides is 1. The maximum atomic E-state index is 13.3. The average Bonchev–Trinajstić information content (AvgIpc) is 3.18. The topological polar surface area (TPSA) is 34.5 Å². The summed E-state index contributed by atoms with van der Waals surface area (Å²) in [5, 5.41) is 0. The predicted molar refractivity (Wildman–Crippen MR) is 133 cm³/mol. The van der Waals surface area contributed by atoms with Crippen molar-refractivity contribution in [1.29, 1.82) is 0 Å². The molecule has 0 spiro atoms. The number of hydrogen-bond acceptors (Lipinski definition) is 4. The van der Waals surface area contributed by atoms with Crippen molar-refractivity contribution in [1.82, 2.24) is 4.57 Å². The highest BCUT2D eigenvalue weighted by Gasteiger charge is 2.35. The summed E-state index contributed by atoms with van der Waals surface area (Å²) in [7, 11) is 0. The van der Waals surface area contributed by atoms with Gasteiger partial charge in [-0.05, 0) is 69.7 Å². The number of nitrogens with zero attached hydrogens (tertiary/aromatic N) is 2. The Morgan fingerprint density at radius 2 is 1.77 bits per heavy atom. The van der Waals surface area contributed by atoms with Crippen molar-refractivity contribution < 1.29 is 9.53 Å². The van der Waals surface area contributed by atoms with Gasteiger partial charge < -0.3 is 9.30 Å². The SMILES string of the molecule is CCOc1ccccc1N1C(=O)C(=Cc2cc(C)n(-c3ccc(C)cc3)c2C)SC1=S. The lowest BCUT2D eigenvalue weighted by Gasteiger charge is -2.18. The molecule has 1 aliphatic heterocycles. The second-order valence-corrected chi connectivity index (χ2v) is 9.09. The minimum absolute atomic E-state index is 0.123. The lowest BCUT2D eigenvalue weighted by atomic mass is 10.2. The fraction of sp³-hybridized carbons (Fsp3) is 0.200. The molecule has 2 aromatic carbocycles. The molecule has 4 rings (SSSR count). The van der Waals surface area contributed by atoms with E-state index in [1.807, 2.05) is 37.3 Å². The average molecular weight is 449 g/mol. The number of anilines is 1. The number of thiocarbonyl (C=S) groups is 1. The summed E-state index contributed by atoms with van der Waals surface area (Å²) in [5.74, 6) is 0.530. The van der Waals surface area contributed by atoms with Crippen molar-refractivity contribution in [2.45, 2.75) is 27.7 Å². The van der Waals surface area contributed by atoms with Gasteiger partial charge >= 0.3 is 0 Å². The van der Waals surface area contributed by atoms with Crippen molar-refractivity contribution in [3.8, 4) is 11.4 Å². The van der Waals surface area contributed by atoms with Crippen LogP contribution in [0, 0.1) is 20.8 Å². The molecule has 2 heterocycles. The van der Waals surface area contributed by atoms with Gasteiger partial charge in [-0.1, -0.05) is 53.8 Å². The summed E-state index contributed by atoms with van der Waals surface area (Å²) in [4.78, 5) is 15.5. The first-order chi connectivity index (χ1) is 14.9. The molecular formula is C25H24N2O2S2. The van der Waals surface area contributed by atoms with Crippen molar-refractivity contribution in [3.05, 3.63) is 82.0 Å². The van der Waals surface area contributed by atoms with E-state index in [-0.39, 0.29) is 5.91 Å². The molecule has 0 aliphatic carbocycles. The van der Waals surface area contributed by atoms with E-state index in [1.54, 1.807) is 4.90 Å². The van der Waals surface area contributed by atoms with Gasteiger partial charge in [-0.3, -0.25) is 9.69 Å². The van der Waals surface area contributed by atoms with Crippen LogP contribution in [0.3, 0.4) is 0 Å². The monoisotopic (exact) mass is 448 g/mol. The van der Waals surface area contributed by atoms with Crippen LogP contribution in [0.2, 0.25) is 0 Å². The molecule has 4 nitrogen and oxygen atoms in total. The second-order valence-electron chi connectivity index (χ2n) is 7.42. The zero-order chi connectivity index (χ0) is 22.1. The summed E-state index contributed by atoms with van der Waals surface area (Å²) in [6.45, 7) is 8.67. The summed E-state index contributed by atoms with van der Waals surface area (Å²) < 4.78 is 8.42. The van der Waals surface area contributed by atoms with E-state index in [1.165, 1.54) is 17.3 Å². The van der Waals surface area contributed by atoms with Crippen molar-refractivity contribution in [2.24, 2.45) is 0 Å². The Morgan fingerprint density at radius 3 is 2.48 bits per heavy atom. The molecule has 0 bridgehead atoms. The van der Waals surface area contributed by atoms with E-state index >= 15 is 0 Å². The highest BCUT2D eigenvalue weighted by Crippen LogP contribution is 2.40. The van der Waals surface area contributed by atoms with Gasteiger partial charge in [0.15, 0.2) is 4.32 Å². The lowest BCUT2D eigenvalue weighted by molar-refractivity contribution is -0.113. The van der Waals surface area contributed by atoms with Crippen LogP contribution < -0.4 is 9.64 Å². The molecule has 1 aromatic heterocycles. The minimum atomic E-state index is -0.123. The lowest BCUT2D eigenvalue weighted by Crippen LogP contribution is -2.28. The van der Waals surface area contributed by atoms with E-state index in [9.17, 15) is 4.79 Å². The number of aromatic nitrogens is 1. The Hall–Kier alpha value is -2.83. The summed E-state index contributed by atoms with van der Waals surface area (Å²) >= 11 is 6.88. The Bertz CT molecular complexity index is 1190. The van der Waals surface area contributed by atoms with E-state index in [0.717, 1.165) is 22.6 Å². The number of hydrogen-bond donors (Lipinski definition) is 0. The summed E-state index contributed by atoms with van der Waals surface area (Å²) in [6.07, 6.45) is 1.94. The van der Waals surface area contributed by atoms with Gasteiger partial charge in [-0.25, -0.2) is 0 Å². The fourth-order valence-corrected chi connectivity index (χ4v) is 5.04. The third-order valence-corrected chi connectivity index (χ3v) is 6.55. The fourth-order valence-electron chi connectivity index (χ4n) is 3.76. The van der Waals surface area contributed by atoms with Crippen molar-refractivity contribution in [3.63, 3.8) is 0 Å². The molecule has 0 radical (unpaired) electrons. The second kappa shape index (κ2) is 8.73. The number of benzene rings is 2. The molecule has 0 saturated carbocycles. The molecule has 158 valence electrons. The van der Waals surface area contributed by atoms with Crippen LogP contribution in [-0.4, -0.2) is 21.4 Å². The number of ether oxygens (including phenoxy) is 1. The first kappa shape index (κ1) is 21.4. The normalized spacial score (nSPS) is 15.2. The van der Waals surface area contributed by atoms with Gasteiger partial charge in [0.1, 0.15) is 5.75 Å². The number of aryl methyl sites for hydroxylation is 2. The largest absolute Gasteiger partial charge is 0.492 e. The van der Waals surface area contributed by atoms with E-state index < -0.39 is 0 Å². The highest BCUT2D eigenvalue weighted by molar-refractivity contribution is 8.27. The zero-order valence-electron chi connectivity index (χ0n) is 18.0. The molecule has 31 heavy (non-hydrogen) atoms. The Labute approximate surface area is 192 Å². The standard InChI is InChI=1S/C25H24N2O2S2/c1-5-29-22-9-7-6-8-21(22)27-24(28)23(31-25(27)30)15-19-14-17(3)26(18(19)4)20-12-10-16(2)11-13-20/h6-15H,5H2,1-4H3. The van der Waals surface area contributed by atoms with Crippen LogP contribution >= 0.6 is 24.0 Å². The van der Waals surface area contributed by atoms with Gasteiger partial charge in [0, 0.05) is 17.1 Å². The maximum absolute atomic E-state index is 13.3. The maximum Gasteiger partial charge on any atom is 0.270 e. The number of carbonyl (C=O) groups excluding carboxylic acids is 1. The number of thioether (sulfide) groups is 1. The Balaban J connectivity index is 1.70. The molecule has 3 aromatic rings. The van der Waals surface area contributed by atoms with Crippen LogP contribution in [0.5, 0.6) is 5.75 Å². The molecule has 1 amide bonds. The van der Waals surface area contributed by atoms with Gasteiger partial charge in [0.05, 0.1) is 17.2 Å².